The van der Waals surface area contributed by atoms with Crippen LogP contribution in [0.15, 0.2) is 60.1 Å². The van der Waals surface area contributed by atoms with Gasteiger partial charge < -0.3 is 15.5 Å². The predicted octanol–water partition coefficient (Wildman–Crippen LogP) is 2.12. The zero-order valence-electron chi connectivity index (χ0n) is 15.8. The smallest absolute Gasteiger partial charge is 0.275 e. The Morgan fingerprint density at radius 2 is 1.86 bits per heavy atom. The number of aromatic nitrogens is 3. The van der Waals surface area contributed by atoms with Crippen LogP contribution in [0.25, 0.3) is 16.0 Å². The number of nitrogens with two attached hydrogens (primary N) is 1. The van der Waals surface area contributed by atoms with Gasteiger partial charge in [-0.05, 0) is 18.2 Å². The van der Waals surface area contributed by atoms with Gasteiger partial charge in [0, 0.05) is 10.8 Å². The van der Waals surface area contributed by atoms with Crippen LogP contribution >= 0.6 is 11.3 Å². The van der Waals surface area contributed by atoms with Gasteiger partial charge in [0.15, 0.2) is 0 Å². The van der Waals surface area contributed by atoms with E-state index in [0.717, 1.165) is 48.5 Å². The van der Waals surface area contributed by atoms with E-state index in [0.29, 0.717) is 10.8 Å². The second-order valence-corrected chi connectivity index (χ2v) is 7.79. The van der Waals surface area contributed by atoms with Crippen molar-refractivity contribution < 1.29 is 10.1 Å². The molecule has 7 nitrogen and oxygen atoms in total. The van der Waals surface area contributed by atoms with Crippen LogP contribution in [0.5, 0.6) is 0 Å². The van der Waals surface area contributed by atoms with E-state index in [2.05, 4.69) is 31.7 Å². The standard InChI is InChI=1S/C21H20N6OS/c28-20(24-16-6-2-4-8-19(16)26-11-9-22-10-12-26)17-14-29-21(25-17)27-18-7-3-1-5-15(18)13-23-27/h1-8,13-14,22H,9-12H2,(H,24,28)/p+1. The van der Waals surface area contributed by atoms with Gasteiger partial charge in [-0.1, -0.05) is 30.3 Å². The fourth-order valence-electron chi connectivity index (χ4n) is 3.62. The maximum Gasteiger partial charge on any atom is 0.275 e. The van der Waals surface area contributed by atoms with Gasteiger partial charge in [0.05, 0.1) is 49.3 Å². The highest BCUT2D eigenvalue weighted by Gasteiger charge is 2.19. The number of carbonyl (C=O) groups is 1. The Morgan fingerprint density at radius 3 is 2.76 bits per heavy atom. The number of thiazole rings is 1. The molecule has 0 unspecified atom stereocenters. The van der Waals surface area contributed by atoms with Crippen LogP contribution in [0.3, 0.4) is 0 Å². The van der Waals surface area contributed by atoms with Crippen molar-refractivity contribution in [2.24, 2.45) is 0 Å². The van der Waals surface area contributed by atoms with Gasteiger partial charge in [0.2, 0.25) is 5.13 Å². The topological polar surface area (TPSA) is 79.7 Å². The number of nitrogens with one attached hydrogen (secondary N) is 1. The van der Waals surface area contributed by atoms with E-state index in [-0.39, 0.29) is 5.91 Å². The lowest BCUT2D eigenvalue weighted by Crippen LogP contribution is -2.89. The second-order valence-electron chi connectivity index (χ2n) is 6.95. The summed E-state index contributed by atoms with van der Waals surface area (Å²) in [4.78, 5) is 19.7. The minimum atomic E-state index is -0.208. The van der Waals surface area contributed by atoms with Crippen LogP contribution in [0, 0.1) is 0 Å². The molecule has 0 spiro atoms. The van der Waals surface area contributed by atoms with Gasteiger partial charge in [-0.3, -0.25) is 4.79 Å². The number of hydrogen-bond acceptors (Lipinski definition) is 5. The molecule has 1 amide bonds. The summed E-state index contributed by atoms with van der Waals surface area (Å²) in [7, 11) is 0. The van der Waals surface area contributed by atoms with Crippen LogP contribution in [0.2, 0.25) is 0 Å². The van der Waals surface area contributed by atoms with Crippen LogP contribution in [0.1, 0.15) is 10.5 Å². The van der Waals surface area contributed by atoms with Crippen LogP contribution in [0.4, 0.5) is 11.4 Å². The average molecular weight is 406 g/mol. The molecule has 0 radical (unpaired) electrons. The third-order valence-corrected chi connectivity index (χ3v) is 5.90. The summed E-state index contributed by atoms with van der Waals surface area (Å²) in [6.45, 7) is 4.07. The molecule has 1 aliphatic rings. The molecule has 29 heavy (non-hydrogen) atoms. The maximum absolute atomic E-state index is 12.9. The summed E-state index contributed by atoms with van der Waals surface area (Å²) in [5, 5.41) is 13.3. The molecule has 0 bridgehead atoms. The quantitative estimate of drug-likeness (QED) is 0.545. The third kappa shape index (κ3) is 3.48. The van der Waals surface area contributed by atoms with E-state index in [1.165, 1.54) is 11.3 Å². The van der Waals surface area contributed by atoms with Crippen molar-refractivity contribution in [3.05, 3.63) is 65.8 Å². The highest BCUT2D eigenvalue weighted by Crippen LogP contribution is 2.27. The molecule has 2 aromatic heterocycles. The molecule has 0 saturated carbocycles. The summed E-state index contributed by atoms with van der Waals surface area (Å²) in [5.74, 6) is -0.208. The SMILES string of the molecule is O=C(Nc1ccccc1N1CC[NH2+]CC1)c1csc(-n2ncc3ccccc32)n1. The monoisotopic (exact) mass is 405 g/mol. The number of piperazine rings is 1. The summed E-state index contributed by atoms with van der Waals surface area (Å²) in [5.41, 5.74) is 3.24. The third-order valence-electron chi connectivity index (χ3n) is 5.08. The van der Waals surface area contributed by atoms with Crippen molar-refractivity contribution in [2.75, 3.05) is 36.4 Å². The Bertz CT molecular complexity index is 1160. The zero-order chi connectivity index (χ0) is 19.6. The molecule has 8 heteroatoms. The van der Waals surface area contributed by atoms with E-state index in [1.807, 2.05) is 48.7 Å². The van der Waals surface area contributed by atoms with Gasteiger partial charge in [-0.25, -0.2) is 9.67 Å². The number of fused-ring (bicyclic) bond motifs is 1. The Morgan fingerprint density at radius 1 is 1.07 bits per heavy atom. The largest absolute Gasteiger partial charge is 0.359 e. The molecular formula is C21H21N6OS+. The number of nitrogens with zero attached hydrogens (tertiary/aromatic N) is 4. The molecule has 1 saturated heterocycles. The number of carbonyl (C=O) groups excluding carboxylic acids is 1. The molecule has 3 heterocycles. The zero-order valence-corrected chi connectivity index (χ0v) is 16.6. The first-order valence-corrected chi connectivity index (χ1v) is 10.5. The molecule has 3 N–H and O–H groups in total. The lowest BCUT2D eigenvalue weighted by Gasteiger charge is -2.29. The van der Waals surface area contributed by atoms with Crippen molar-refractivity contribution in [2.45, 2.75) is 0 Å². The van der Waals surface area contributed by atoms with Crippen LogP contribution in [-0.4, -0.2) is 46.9 Å². The molecule has 146 valence electrons. The fourth-order valence-corrected chi connectivity index (χ4v) is 4.40. The lowest BCUT2D eigenvalue weighted by atomic mass is 10.2. The summed E-state index contributed by atoms with van der Waals surface area (Å²) < 4.78 is 1.77. The van der Waals surface area contributed by atoms with E-state index in [1.54, 1.807) is 10.1 Å². The Labute approximate surface area is 172 Å². The highest BCUT2D eigenvalue weighted by atomic mass is 32.1. The van der Waals surface area contributed by atoms with Crippen molar-refractivity contribution in [3.8, 4) is 5.13 Å². The Kier molecular flexibility index (Phi) is 4.71. The molecule has 1 fully saturated rings. The van der Waals surface area contributed by atoms with Gasteiger partial charge in [-0.2, -0.15) is 5.10 Å². The number of quaternary nitrogens is 1. The number of amides is 1. The van der Waals surface area contributed by atoms with E-state index < -0.39 is 0 Å². The van der Waals surface area contributed by atoms with Crippen molar-refractivity contribution in [3.63, 3.8) is 0 Å². The van der Waals surface area contributed by atoms with E-state index >= 15 is 0 Å². The average Bonchev–Trinajstić information content (AvgIpc) is 3.42. The number of para-hydroxylation sites is 3. The number of hydrogen-bond donors (Lipinski definition) is 2. The number of benzene rings is 2. The number of anilines is 2. The fraction of sp³-hybridized carbons (Fsp3) is 0.190. The first-order valence-electron chi connectivity index (χ1n) is 9.65. The van der Waals surface area contributed by atoms with Crippen molar-refractivity contribution in [1.82, 2.24) is 14.8 Å². The molecule has 0 atom stereocenters. The van der Waals surface area contributed by atoms with Crippen LogP contribution in [-0.2, 0) is 0 Å². The predicted molar refractivity (Wildman–Crippen MR) is 115 cm³/mol. The van der Waals surface area contributed by atoms with Gasteiger partial charge in [0.25, 0.3) is 5.91 Å². The Hall–Kier alpha value is -3.23. The van der Waals surface area contributed by atoms with Gasteiger partial charge in [0.1, 0.15) is 5.69 Å². The number of rotatable bonds is 4. The van der Waals surface area contributed by atoms with Gasteiger partial charge >= 0.3 is 0 Å². The normalized spacial score (nSPS) is 14.3. The first kappa shape index (κ1) is 17.8. The van der Waals surface area contributed by atoms with E-state index in [9.17, 15) is 4.79 Å². The van der Waals surface area contributed by atoms with Gasteiger partial charge in [-0.15, -0.1) is 11.3 Å². The summed E-state index contributed by atoms with van der Waals surface area (Å²) >= 11 is 1.41. The first-order chi connectivity index (χ1) is 14.3. The minimum Gasteiger partial charge on any atom is -0.359 e. The Balaban J connectivity index is 1.39. The van der Waals surface area contributed by atoms with E-state index in [4.69, 9.17) is 0 Å². The minimum absolute atomic E-state index is 0.208. The summed E-state index contributed by atoms with van der Waals surface area (Å²) in [6, 6.07) is 15.9. The maximum atomic E-state index is 12.9. The molecule has 1 aliphatic heterocycles. The van der Waals surface area contributed by atoms with Crippen molar-refractivity contribution in [1.29, 1.82) is 0 Å². The highest BCUT2D eigenvalue weighted by molar-refractivity contribution is 7.12. The van der Waals surface area contributed by atoms with Crippen LogP contribution < -0.4 is 15.5 Å². The second kappa shape index (κ2) is 7.65. The molecule has 2 aromatic carbocycles. The molecule has 4 aromatic rings. The molecule has 0 aliphatic carbocycles. The molecule has 5 rings (SSSR count). The van der Waals surface area contributed by atoms with Crippen molar-refractivity contribution >= 4 is 39.5 Å². The lowest BCUT2D eigenvalue weighted by molar-refractivity contribution is -0.655. The summed E-state index contributed by atoms with van der Waals surface area (Å²) in [6.07, 6.45) is 1.81. The molecular weight excluding hydrogens is 384 g/mol.